The number of nitrogens with zero attached hydrogens (tertiary/aromatic N) is 2. The highest BCUT2D eigenvalue weighted by Gasteiger charge is 2.22. The first-order chi connectivity index (χ1) is 11.2. The number of likely N-dealkylation sites (tertiary alicyclic amines) is 1. The molecule has 124 valence electrons. The molecule has 0 spiro atoms. The Kier molecular flexibility index (Phi) is 5.34. The first-order valence-corrected chi connectivity index (χ1v) is 9.56. The van der Waals surface area contributed by atoms with Crippen molar-refractivity contribution in [3.05, 3.63) is 16.0 Å². The van der Waals surface area contributed by atoms with Gasteiger partial charge in [-0.3, -0.25) is 9.69 Å². The lowest BCUT2D eigenvalue weighted by molar-refractivity contribution is -0.117. The van der Waals surface area contributed by atoms with Gasteiger partial charge in [-0.05, 0) is 63.1 Å². The number of rotatable bonds is 3. The number of carbonyl (C=O) groups is 1. The quantitative estimate of drug-likeness (QED) is 0.862. The highest BCUT2D eigenvalue weighted by Crippen LogP contribution is 2.36. The van der Waals surface area contributed by atoms with Gasteiger partial charge < -0.3 is 5.32 Å². The molecule has 1 aliphatic heterocycles. The van der Waals surface area contributed by atoms with Crippen LogP contribution in [0.5, 0.6) is 0 Å². The Morgan fingerprint density at radius 1 is 1.30 bits per heavy atom. The van der Waals surface area contributed by atoms with Crippen LogP contribution in [0.2, 0.25) is 0 Å². The molecule has 1 N–H and O–H groups in total. The van der Waals surface area contributed by atoms with Crippen molar-refractivity contribution in [2.75, 3.05) is 25.0 Å². The fourth-order valence-corrected chi connectivity index (χ4v) is 4.79. The lowest BCUT2D eigenvalue weighted by Gasteiger charge is -2.29. The van der Waals surface area contributed by atoms with Crippen LogP contribution in [-0.4, -0.2) is 30.4 Å². The summed E-state index contributed by atoms with van der Waals surface area (Å²) >= 11 is 1.62. The highest BCUT2D eigenvalue weighted by atomic mass is 32.1. The fourth-order valence-electron chi connectivity index (χ4n) is 3.54. The van der Waals surface area contributed by atoms with Crippen LogP contribution in [0, 0.1) is 17.2 Å². The minimum absolute atomic E-state index is 0.0208. The van der Waals surface area contributed by atoms with Crippen molar-refractivity contribution in [2.24, 2.45) is 5.92 Å². The zero-order valence-electron chi connectivity index (χ0n) is 13.9. The van der Waals surface area contributed by atoms with Gasteiger partial charge in [0.1, 0.15) is 11.1 Å². The molecule has 0 unspecified atom stereocenters. The van der Waals surface area contributed by atoms with Gasteiger partial charge in [0.25, 0.3) is 0 Å². The number of hydrogen-bond acceptors (Lipinski definition) is 4. The van der Waals surface area contributed by atoms with Gasteiger partial charge >= 0.3 is 0 Å². The maximum absolute atomic E-state index is 12.4. The maximum atomic E-state index is 12.4. The molecule has 23 heavy (non-hydrogen) atoms. The molecule has 5 heteroatoms. The van der Waals surface area contributed by atoms with Gasteiger partial charge in [-0.15, -0.1) is 11.3 Å². The maximum Gasteiger partial charge on any atom is 0.239 e. The lowest BCUT2D eigenvalue weighted by Crippen LogP contribution is -2.38. The van der Waals surface area contributed by atoms with E-state index >= 15 is 0 Å². The van der Waals surface area contributed by atoms with Crippen LogP contribution in [0.25, 0.3) is 0 Å². The number of nitrogens with one attached hydrogen (secondary N) is 1. The molecular weight excluding hydrogens is 306 g/mol. The molecule has 2 heterocycles. The second-order valence-electron chi connectivity index (χ2n) is 6.89. The third-order valence-corrected chi connectivity index (χ3v) is 6.24. The number of amides is 1. The van der Waals surface area contributed by atoms with Gasteiger partial charge in [-0.1, -0.05) is 13.3 Å². The van der Waals surface area contributed by atoms with Gasteiger partial charge in [-0.2, -0.15) is 5.26 Å². The number of thiophene rings is 1. The number of anilines is 1. The third kappa shape index (κ3) is 3.94. The van der Waals surface area contributed by atoms with E-state index in [-0.39, 0.29) is 5.91 Å². The Hall–Kier alpha value is -1.38. The summed E-state index contributed by atoms with van der Waals surface area (Å²) in [6.07, 6.45) is 7.95. The molecule has 1 aliphatic carbocycles. The average Bonchev–Trinajstić information content (AvgIpc) is 2.69. The Morgan fingerprint density at radius 3 is 2.78 bits per heavy atom. The molecule has 0 atom stereocenters. The van der Waals surface area contributed by atoms with Crippen molar-refractivity contribution < 1.29 is 4.79 Å². The van der Waals surface area contributed by atoms with Crippen molar-refractivity contribution in [1.82, 2.24) is 4.90 Å². The summed E-state index contributed by atoms with van der Waals surface area (Å²) in [7, 11) is 0. The van der Waals surface area contributed by atoms with Gasteiger partial charge in [0.2, 0.25) is 5.91 Å². The number of hydrogen-bond donors (Lipinski definition) is 1. The zero-order chi connectivity index (χ0) is 16.2. The molecule has 0 radical (unpaired) electrons. The second-order valence-corrected chi connectivity index (χ2v) is 7.99. The van der Waals surface area contributed by atoms with E-state index < -0.39 is 0 Å². The van der Waals surface area contributed by atoms with Gasteiger partial charge in [-0.25, -0.2) is 0 Å². The number of carbonyl (C=O) groups excluding carboxylic acids is 1. The topological polar surface area (TPSA) is 56.1 Å². The zero-order valence-corrected chi connectivity index (χ0v) is 14.7. The summed E-state index contributed by atoms with van der Waals surface area (Å²) in [5, 5.41) is 13.3. The van der Waals surface area contributed by atoms with Crippen molar-refractivity contribution >= 4 is 22.2 Å². The van der Waals surface area contributed by atoms with E-state index in [1.807, 2.05) is 0 Å². The normalized spacial score (nSPS) is 19.7. The predicted octanol–water partition coefficient (Wildman–Crippen LogP) is 3.56. The molecule has 1 amide bonds. The van der Waals surface area contributed by atoms with E-state index in [2.05, 4.69) is 23.2 Å². The van der Waals surface area contributed by atoms with Crippen LogP contribution in [0.15, 0.2) is 0 Å². The summed E-state index contributed by atoms with van der Waals surface area (Å²) in [5.41, 5.74) is 1.91. The molecule has 1 saturated heterocycles. The van der Waals surface area contributed by atoms with E-state index in [4.69, 9.17) is 0 Å². The Bertz CT molecular complexity index is 609. The molecule has 1 fully saturated rings. The van der Waals surface area contributed by atoms with Crippen LogP contribution in [0.4, 0.5) is 5.00 Å². The first kappa shape index (κ1) is 16.5. The van der Waals surface area contributed by atoms with E-state index in [0.29, 0.717) is 12.1 Å². The Labute approximate surface area is 142 Å². The number of nitriles is 1. The van der Waals surface area contributed by atoms with Crippen LogP contribution in [-0.2, 0) is 17.6 Å². The summed E-state index contributed by atoms with van der Waals surface area (Å²) in [5.74, 6) is 0.792. The second kappa shape index (κ2) is 7.46. The monoisotopic (exact) mass is 331 g/mol. The highest BCUT2D eigenvalue weighted by molar-refractivity contribution is 7.16. The van der Waals surface area contributed by atoms with E-state index in [1.54, 1.807) is 11.3 Å². The molecule has 0 saturated carbocycles. The number of piperidine rings is 1. The molecule has 2 aliphatic rings. The number of fused-ring (bicyclic) bond motifs is 1. The molecule has 0 bridgehead atoms. The lowest BCUT2D eigenvalue weighted by atomic mass is 9.99. The van der Waals surface area contributed by atoms with E-state index in [1.165, 1.54) is 36.1 Å². The van der Waals surface area contributed by atoms with Crippen molar-refractivity contribution in [2.45, 2.75) is 51.9 Å². The molecule has 1 aromatic rings. The Balaban J connectivity index is 1.65. The van der Waals surface area contributed by atoms with Crippen LogP contribution >= 0.6 is 11.3 Å². The van der Waals surface area contributed by atoms with Crippen molar-refractivity contribution in [1.29, 1.82) is 5.26 Å². The molecular formula is C18H25N3OS. The minimum Gasteiger partial charge on any atom is -0.315 e. The largest absolute Gasteiger partial charge is 0.315 e. The summed E-state index contributed by atoms with van der Waals surface area (Å²) in [4.78, 5) is 15.9. The number of aryl methyl sites for hydroxylation is 1. The first-order valence-electron chi connectivity index (χ1n) is 8.74. The SMILES string of the molecule is CC1CCN(CC(=O)Nc2sc3c(c2C#N)CCCCC3)CC1. The van der Waals surface area contributed by atoms with Gasteiger partial charge in [0.15, 0.2) is 0 Å². The van der Waals surface area contributed by atoms with E-state index in [0.717, 1.165) is 43.3 Å². The van der Waals surface area contributed by atoms with Crippen LogP contribution in [0.1, 0.15) is 55.0 Å². The van der Waals surface area contributed by atoms with E-state index in [9.17, 15) is 10.1 Å². The van der Waals surface area contributed by atoms with Crippen molar-refractivity contribution in [3.8, 4) is 6.07 Å². The summed E-state index contributed by atoms with van der Waals surface area (Å²) in [6.45, 7) is 4.72. The molecule has 4 nitrogen and oxygen atoms in total. The van der Waals surface area contributed by atoms with Gasteiger partial charge in [0.05, 0.1) is 12.1 Å². The van der Waals surface area contributed by atoms with Crippen molar-refractivity contribution in [3.63, 3.8) is 0 Å². The standard InChI is InChI=1S/C18H25N3OS/c1-13-7-9-21(10-8-13)12-17(22)20-18-15(11-19)14-5-3-2-4-6-16(14)23-18/h13H,2-10,12H2,1H3,(H,20,22). The Morgan fingerprint density at radius 2 is 2.04 bits per heavy atom. The van der Waals surface area contributed by atoms with Crippen LogP contribution < -0.4 is 5.32 Å². The predicted molar refractivity (Wildman–Crippen MR) is 93.8 cm³/mol. The summed E-state index contributed by atoms with van der Waals surface area (Å²) in [6, 6.07) is 2.33. The molecule has 1 aromatic heterocycles. The summed E-state index contributed by atoms with van der Waals surface area (Å²) < 4.78 is 0. The van der Waals surface area contributed by atoms with Gasteiger partial charge in [0, 0.05) is 4.88 Å². The molecule has 3 rings (SSSR count). The third-order valence-electron chi connectivity index (χ3n) is 5.03. The minimum atomic E-state index is 0.0208. The fraction of sp³-hybridized carbons (Fsp3) is 0.667. The average molecular weight is 331 g/mol. The van der Waals surface area contributed by atoms with Crippen LogP contribution in [0.3, 0.4) is 0 Å². The molecule has 0 aromatic carbocycles. The smallest absolute Gasteiger partial charge is 0.239 e.